The molecule has 15 nitrogen and oxygen atoms in total. The van der Waals surface area contributed by atoms with Crippen LogP contribution in [0.4, 0.5) is 5.82 Å². The van der Waals surface area contributed by atoms with E-state index in [0.29, 0.717) is 12.2 Å². The van der Waals surface area contributed by atoms with Gasteiger partial charge in [-0.1, -0.05) is 12.1 Å². The van der Waals surface area contributed by atoms with Gasteiger partial charge in [-0.25, -0.2) is 4.79 Å². The first-order chi connectivity index (χ1) is 17.7. The number of nitrogens with one attached hydrogen (secondary N) is 2. The summed E-state index contributed by atoms with van der Waals surface area (Å²) in [4.78, 5) is 36.1. The van der Waals surface area contributed by atoms with E-state index in [1.165, 1.54) is 23.8 Å². The van der Waals surface area contributed by atoms with Crippen LogP contribution in [0.5, 0.6) is 6.01 Å². The first-order valence-corrected chi connectivity index (χ1v) is 11.3. The number of ether oxygens (including phenoxy) is 3. The molecule has 37 heavy (non-hydrogen) atoms. The molecule has 1 aromatic carbocycles. The highest BCUT2D eigenvalue weighted by molar-refractivity contribution is 5.94. The van der Waals surface area contributed by atoms with Crippen molar-refractivity contribution in [2.75, 3.05) is 32.7 Å². The average molecular weight is 520 g/mol. The minimum atomic E-state index is -1.61. The van der Waals surface area contributed by atoms with Gasteiger partial charge in [0.05, 0.1) is 19.8 Å². The monoisotopic (exact) mass is 520 g/mol. The second kappa shape index (κ2) is 11.2. The number of hydrogen-bond acceptors (Lipinski definition) is 12. The number of aliphatic hydroxyl groups is 4. The van der Waals surface area contributed by atoms with Gasteiger partial charge in [-0.3, -0.25) is 9.36 Å². The second-order valence-corrected chi connectivity index (χ2v) is 8.37. The topological polar surface area (TPSA) is 227 Å². The van der Waals surface area contributed by atoms with Crippen LogP contribution in [0, 0.1) is 0 Å². The summed E-state index contributed by atoms with van der Waals surface area (Å²) in [6, 6.07) is 6.23. The molecule has 1 fully saturated rings. The first kappa shape index (κ1) is 26.5. The Morgan fingerprint density at radius 2 is 1.89 bits per heavy atom. The number of benzene rings is 1. The summed E-state index contributed by atoms with van der Waals surface area (Å²) < 4.78 is 17.0. The van der Waals surface area contributed by atoms with Crippen molar-refractivity contribution in [3.05, 3.63) is 45.9 Å². The Morgan fingerprint density at radius 3 is 2.57 bits per heavy atom. The summed E-state index contributed by atoms with van der Waals surface area (Å²) in [5.74, 6) is -0.577. The predicted octanol–water partition coefficient (Wildman–Crippen LogP) is -2.69. The molecule has 0 spiro atoms. The summed E-state index contributed by atoms with van der Waals surface area (Å²) in [7, 11) is 1.52. The number of nitrogen functional groups attached to an aromatic ring is 1. The number of H-pyrrole nitrogens is 1. The van der Waals surface area contributed by atoms with E-state index < -0.39 is 48.8 Å². The van der Waals surface area contributed by atoms with E-state index in [1.807, 2.05) is 0 Å². The molecule has 5 atom stereocenters. The third-order valence-corrected chi connectivity index (χ3v) is 5.87. The van der Waals surface area contributed by atoms with Crippen LogP contribution >= 0.6 is 0 Å². The molecular formula is C22H28N6O9. The van der Waals surface area contributed by atoms with Crippen molar-refractivity contribution >= 4 is 22.9 Å². The molecule has 0 saturated carbocycles. The minimum absolute atomic E-state index is 0.00462. The number of methoxy groups -OCH3 is 1. The number of carbonyl (C=O) groups excluding carboxylic acids is 1. The number of anilines is 1. The van der Waals surface area contributed by atoms with Gasteiger partial charge in [0.15, 0.2) is 17.7 Å². The van der Waals surface area contributed by atoms with Gasteiger partial charge in [-0.05, 0) is 17.7 Å². The summed E-state index contributed by atoms with van der Waals surface area (Å²) >= 11 is 0. The maximum Gasteiger partial charge on any atom is 0.328 e. The van der Waals surface area contributed by atoms with Gasteiger partial charge in [-0.15, -0.1) is 0 Å². The van der Waals surface area contributed by atoms with Gasteiger partial charge in [0.2, 0.25) is 0 Å². The molecule has 1 unspecified atom stereocenters. The van der Waals surface area contributed by atoms with Gasteiger partial charge in [0, 0.05) is 12.7 Å². The summed E-state index contributed by atoms with van der Waals surface area (Å²) in [5, 5.41) is 41.6. The zero-order valence-electron chi connectivity index (χ0n) is 19.8. The molecule has 4 rings (SSSR count). The Kier molecular flexibility index (Phi) is 8.01. The van der Waals surface area contributed by atoms with Crippen LogP contribution in [0.3, 0.4) is 0 Å². The molecule has 0 bridgehead atoms. The maximum atomic E-state index is 12.7. The largest absolute Gasteiger partial charge is 0.461 e. The normalized spacial score (nSPS) is 23.8. The van der Waals surface area contributed by atoms with E-state index in [9.17, 15) is 30.0 Å². The van der Waals surface area contributed by atoms with Crippen LogP contribution in [0.15, 0.2) is 29.1 Å². The van der Waals surface area contributed by atoms with Crippen LogP contribution in [0.1, 0.15) is 15.9 Å². The number of fused-ring (bicyclic) bond motifs is 1. The fourth-order valence-corrected chi connectivity index (χ4v) is 3.84. The maximum absolute atomic E-state index is 12.7. The Balaban J connectivity index is 1.48. The molecule has 8 N–H and O–H groups in total. The Hall–Kier alpha value is -3.60. The third kappa shape index (κ3) is 5.56. The van der Waals surface area contributed by atoms with E-state index >= 15 is 0 Å². The highest BCUT2D eigenvalue weighted by Gasteiger charge is 2.44. The van der Waals surface area contributed by atoms with Crippen molar-refractivity contribution < 1.29 is 39.4 Å². The average Bonchev–Trinajstić information content (AvgIpc) is 3.20. The number of aromatic amines is 1. The molecular weight excluding hydrogens is 492 g/mol. The van der Waals surface area contributed by atoms with Gasteiger partial charge in [0.25, 0.3) is 5.91 Å². The van der Waals surface area contributed by atoms with Crippen molar-refractivity contribution in [1.82, 2.24) is 24.8 Å². The van der Waals surface area contributed by atoms with E-state index in [-0.39, 0.29) is 41.7 Å². The fourth-order valence-electron chi connectivity index (χ4n) is 3.84. The SMILES string of the molecule is COCCOc1nc(N)c2[nH]c(=O)n(Cc3ccc(C(=O)NC4O[C@H](CO)[C@@H](O)[C@H](O)[C@@H]4O)cc3)c2n1. The second-order valence-electron chi connectivity index (χ2n) is 8.37. The van der Waals surface area contributed by atoms with Gasteiger partial charge in [0.1, 0.15) is 36.5 Å². The standard InChI is InChI=1S/C22H28N6O9/c1-35-6-7-36-21-25-17(23)13-18(26-21)28(22(34)24-13)8-10-2-4-11(5-3-10)19(33)27-20-16(32)15(31)14(30)12(9-29)37-20/h2-5,12,14-16,20,29-32H,6-9H2,1H3,(H,24,34)(H,27,33)(H2,23,25,26)/t12-,14-,15+,16+,20?/m1/s1. The van der Waals surface area contributed by atoms with E-state index in [4.69, 9.17) is 19.9 Å². The number of rotatable bonds is 9. The summed E-state index contributed by atoms with van der Waals surface area (Å²) in [5.41, 5.74) is 6.85. The van der Waals surface area contributed by atoms with Crippen LogP contribution in [0.25, 0.3) is 11.2 Å². The predicted molar refractivity (Wildman–Crippen MR) is 127 cm³/mol. The van der Waals surface area contributed by atoms with Crippen molar-refractivity contribution in [2.45, 2.75) is 37.2 Å². The lowest BCUT2D eigenvalue weighted by Gasteiger charge is -2.40. The highest BCUT2D eigenvalue weighted by atomic mass is 16.6. The van der Waals surface area contributed by atoms with Gasteiger partial charge >= 0.3 is 11.7 Å². The lowest BCUT2D eigenvalue weighted by atomic mass is 9.98. The molecule has 1 amide bonds. The number of hydrogen-bond donors (Lipinski definition) is 7. The van der Waals surface area contributed by atoms with Crippen molar-refractivity contribution in [1.29, 1.82) is 0 Å². The smallest absolute Gasteiger partial charge is 0.328 e. The number of imidazole rings is 1. The first-order valence-electron chi connectivity index (χ1n) is 11.3. The molecule has 3 heterocycles. The molecule has 1 saturated heterocycles. The van der Waals surface area contributed by atoms with Gasteiger partial charge in [-0.2, -0.15) is 9.97 Å². The number of aliphatic hydroxyl groups excluding tert-OH is 4. The highest BCUT2D eigenvalue weighted by Crippen LogP contribution is 2.21. The van der Waals surface area contributed by atoms with Crippen LogP contribution in [-0.4, -0.2) is 103 Å². The van der Waals surface area contributed by atoms with Crippen LogP contribution in [0.2, 0.25) is 0 Å². The van der Waals surface area contributed by atoms with Crippen LogP contribution < -0.4 is 21.5 Å². The molecule has 1 aliphatic heterocycles. The van der Waals surface area contributed by atoms with Gasteiger partial charge < -0.3 is 50.7 Å². The summed E-state index contributed by atoms with van der Waals surface area (Å²) in [6.07, 6.45) is -7.25. The number of nitrogens with two attached hydrogens (primary N) is 1. The molecule has 15 heteroatoms. The molecule has 0 radical (unpaired) electrons. The quantitative estimate of drug-likeness (QED) is 0.143. The Morgan fingerprint density at radius 1 is 1.16 bits per heavy atom. The van der Waals surface area contributed by atoms with E-state index in [1.54, 1.807) is 12.1 Å². The Labute approximate surface area is 209 Å². The number of aromatic nitrogens is 4. The number of nitrogens with zero attached hydrogens (tertiary/aromatic N) is 3. The van der Waals surface area contributed by atoms with E-state index in [2.05, 4.69) is 20.3 Å². The summed E-state index contributed by atoms with van der Waals surface area (Å²) in [6.45, 7) is -0.00171. The number of carbonyl (C=O) groups is 1. The van der Waals surface area contributed by atoms with Crippen LogP contribution in [-0.2, 0) is 16.0 Å². The molecule has 3 aromatic rings. The van der Waals surface area contributed by atoms with Crippen molar-refractivity contribution in [2.24, 2.45) is 0 Å². The minimum Gasteiger partial charge on any atom is -0.461 e. The lowest BCUT2D eigenvalue weighted by molar-refractivity contribution is -0.233. The fraction of sp³-hybridized carbons (Fsp3) is 0.455. The zero-order valence-corrected chi connectivity index (χ0v) is 19.8. The molecule has 200 valence electrons. The van der Waals surface area contributed by atoms with E-state index in [0.717, 1.165) is 0 Å². The lowest BCUT2D eigenvalue weighted by Crippen LogP contribution is -2.63. The van der Waals surface area contributed by atoms with Crippen molar-refractivity contribution in [3.63, 3.8) is 0 Å². The van der Waals surface area contributed by atoms with Crippen molar-refractivity contribution in [3.8, 4) is 6.01 Å². The Bertz CT molecular complexity index is 1290. The zero-order chi connectivity index (χ0) is 26.7. The number of amides is 1. The molecule has 2 aromatic heterocycles. The third-order valence-electron chi connectivity index (χ3n) is 5.87. The molecule has 0 aliphatic carbocycles. The molecule has 1 aliphatic rings.